The normalized spacial score (nSPS) is 11.9. The number of furan rings is 1. The van der Waals surface area contributed by atoms with E-state index in [0.717, 1.165) is 15.3 Å². The second-order valence-corrected chi connectivity index (χ2v) is 9.36. The van der Waals surface area contributed by atoms with Gasteiger partial charge in [0, 0.05) is 25.6 Å². The summed E-state index contributed by atoms with van der Waals surface area (Å²) >= 11 is 0. The number of hydrogen-bond donors (Lipinski definition) is 0. The number of amides is 1. The molecule has 0 saturated heterocycles. The van der Waals surface area contributed by atoms with Gasteiger partial charge in [-0.1, -0.05) is 42.5 Å². The predicted octanol–water partition coefficient (Wildman–Crippen LogP) is 3.90. The second kappa shape index (κ2) is 12.3. The van der Waals surface area contributed by atoms with E-state index in [-0.39, 0.29) is 38.6 Å². The lowest BCUT2D eigenvalue weighted by atomic mass is 10.2. The molecule has 0 unspecified atom stereocenters. The molecule has 1 aromatic heterocycles. The van der Waals surface area contributed by atoms with Crippen LogP contribution in [0.25, 0.3) is 6.08 Å². The van der Waals surface area contributed by atoms with Gasteiger partial charge in [-0.25, -0.2) is 12.8 Å². The van der Waals surface area contributed by atoms with Crippen molar-refractivity contribution in [3.8, 4) is 0 Å². The SMILES string of the molecule is COCCN(CC(=O)N(Cc1ccc(F)cc1)Cc1ccco1)S(=O)(=O)C=Cc1ccccc1. The van der Waals surface area contributed by atoms with Crippen LogP contribution >= 0.6 is 0 Å². The summed E-state index contributed by atoms with van der Waals surface area (Å²) in [5.74, 6) is -0.256. The maximum absolute atomic E-state index is 13.3. The number of methoxy groups -OCH3 is 1. The van der Waals surface area contributed by atoms with Gasteiger partial charge in [0.25, 0.3) is 0 Å². The third kappa shape index (κ3) is 7.65. The van der Waals surface area contributed by atoms with Crippen molar-refractivity contribution in [3.05, 3.63) is 101 Å². The summed E-state index contributed by atoms with van der Waals surface area (Å²) in [6.45, 7) is 0.0580. The van der Waals surface area contributed by atoms with Crippen LogP contribution in [0, 0.1) is 5.82 Å². The molecule has 0 saturated carbocycles. The minimum atomic E-state index is -3.91. The molecule has 3 rings (SSSR count). The molecule has 0 atom stereocenters. The minimum Gasteiger partial charge on any atom is -0.467 e. The van der Waals surface area contributed by atoms with E-state index in [9.17, 15) is 17.6 Å². The molecule has 2 aromatic carbocycles. The lowest BCUT2D eigenvalue weighted by molar-refractivity contribution is -0.133. The standard InChI is InChI=1S/C25H27FN2O5S/c1-32-16-14-28(34(30,31)17-13-21-6-3-2-4-7-21)20-25(29)27(19-24-8-5-15-33-24)18-22-9-11-23(26)12-10-22/h2-13,15,17H,14,16,18-20H2,1H3. The Morgan fingerprint density at radius 3 is 2.41 bits per heavy atom. The molecule has 9 heteroatoms. The van der Waals surface area contributed by atoms with Crippen LogP contribution in [0.1, 0.15) is 16.9 Å². The van der Waals surface area contributed by atoms with Crippen molar-refractivity contribution in [1.29, 1.82) is 0 Å². The average Bonchev–Trinajstić information content (AvgIpc) is 3.35. The summed E-state index contributed by atoms with van der Waals surface area (Å²) in [6, 6.07) is 18.2. The number of rotatable bonds is 12. The van der Waals surface area contributed by atoms with Gasteiger partial charge in [0.05, 0.1) is 26.0 Å². The monoisotopic (exact) mass is 486 g/mol. The van der Waals surface area contributed by atoms with Crippen LogP contribution in [0.4, 0.5) is 4.39 Å². The highest BCUT2D eigenvalue weighted by Gasteiger charge is 2.25. The molecule has 0 aliphatic heterocycles. The molecular weight excluding hydrogens is 459 g/mol. The van der Waals surface area contributed by atoms with E-state index in [2.05, 4.69) is 0 Å². The van der Waals surface area contributed by atoms with Crippen LogP contribution in [0.5, 0.6) is 0 Å². The van der Waals surface area contributed by atoms with Gasteiger partial charge in [-0.2, -0.15) is 4.31 Å². The van der Waals surface area contributed by atoms with Crippen LogP contribution in [-0.2, 0) is 32.6 Å². The smallest absolute Gasteiger partial charge is 0.238 e. The molecule has 1 amide bonds. The van der Waals surface area contributed by atoms with Gasteiger partial charge < -0.3 is 14.1 Å². The molecule has 0 spiro atoms. The molecule has 7 nitrogen and oxygen atoms in total. The van der Waals surface area contributed by atoms with E-state index in [1.54, 1.807) is 48.5 Å². The van der Waals surface area contributed by atoms with Gasteiger partial charge in [-0.3, -0.25) is 4.79 Å². The first-order valence-electron chi connectivity index (χ1n) is 10.6. The number of benzene rings is 2. The Morgan fingerprint density at radius 1 is 1.03 bits per heavy atom. The van der Waals surface area contributed by atoms with Gasteiger partial charge in [-0.15, -0.1) is 0 Å². The van der Waals surface area contributed by atoms with E-state index in [0.29, 0.717) is 11.3 Å². The van der Waals surface area contributed by atoms with E-state index < -0.39 is 15.9 Å². The van der Waals surface area contributed by atoms with E-state index >= 15 is 0 Å². The summed E-state index contributed by atoms with van der Waals surface area (Å²) < 4.78 is 50.9. The fourth-order valence-electron chi connectivity index (χ4n) is 3.19. The zero-order valence-electron chi connectivity index (χ0n) is 18.8. The highest BCUT2D eigenvalue weighted by molar-refractivity contribution is 7.92. The first kappa shape index (κ1) is 25.4. The largest absolute Gasteiger partial charge is 0.467 e. The number of carbonyl (C=O) groups excluding carboxylic acids is 1. The fraction of sp³-hybridized carbons (Fsp3) is 0.240. The lowest BCUT2D eigenvalue weighted by Crippen LogP contribution is -2.43. The topological polar surface area (TPSA) is 80.1 Å². The zero-order valence-corrected chi connectivity index (χ0v) is 19.7. The Kier molecular flexibility index (Phi) is 9.15. The molecule has 0 aliphatic carbocycles. The van der Waals surface area contributed by atoms with Crippen LogP contribution in [0.15, 0.2) is 82.8 Å². The third-order valence-electron chi connectivity index (χ3n) is 5.01. The quantitative estimate of drug-likeness (QED) is 0.388. The van der Waals surface area contributed by atoms with E-state index in [1.807, 2.05) is 6.07 Å². The number of ether oxygens (including phenoxy) is 1. The number of sulfonamides is 1. The Bertz CT molecular complexity index is 1160. The predicted molar refractivity (Wildman–Crippen MR) is 127 cm³/mol. The maximum atomic E-state index is 13.3. The van der Waals surface area contributed by atoms with Gasteiger partial charge >= 0.3 is 0 Å². The highest BCUT2D eigenvalue weighted by Crippen LogP contribution is 2.14. The van der Waals surface area contributed by atoms with E-state index in [4.69, 9.17) is 9.15 Å². The van der Waals surface area contributed by atoms with E-state index in [1.165, 1.54) is 36.5 Å². The van der Waals surface area contributed by atoms with Crippen molar-refractivity contribution >= 4 is 22.0 Å². The molecule has 0 aliphatic rings. The second-order valence-electron chi connectivity index (χ2n) is 7.54. The fourth-order valence-corrected chi connectivity index (χ4v) is 4.31. The first-order valence-corrected chi connectivity index (χ1v) is 12.1. The molecule has 180 valence electrons. The molecule has 0 radical (unpaired) electrons. The molecule has 0 N–H and O–H groups in total. The van der Waals surface area contributed by atoms with Crippen molar-refractivity contribution in [2.75, 3.05) is 26.8 Å². The van der Waals surface area contributed by atoms with Crippen molar-refractivity contribution in [2.45, 2.75) is 13.1 Å². The number of hydrogen-bond acceptors (Lipinski definition) is 5. The van der Waals surface area contributed by atoms with Gasteiger partial charge in [0.1, 0.15) is 11.6 Å². The number of carbonyl (C=O) groups is 1. The van der Waals surface area contributed by atoms with Crippen molar-refractivity contribution in [3.63, 3.8) is 0 Å². The van der Waals surface area contributed by atoms with Crippen molar-refractivity contribution < 1.29 is 26.8 Å². The Balaban J connectivity index is 1.80. The van der Waals surface area contributed by atoms with Crippen molar-refractivity contribution in [2.24, 2.45) is 0 Å². The van der Waals surface area contributed by atoms with Gasteiger partial charge in [0.15, 0.2) is 0 Å². The maximum Gasteiger partial charge on any atom is 0.238 e. The molecule has 0 bridgehead atoms. The molecule has 34 heavy (non-hydrogen) atoms. The first-order chi connectivity index (χ1) is 16.4. The minimum absolute atomic E-state index is 0.00877. The van der Waals surface area contributed by atoms with Gasteiger partial charge in [-0.05, 0) is 41.5 Å². The molecule has 0 fully saturated rings. The van der Waals surface area contributed by atoms with Crippen LogP contribution in [-0.4, -0.2) is 50.3 Å². The Labute approximate surface area is 199 Å². The summed E-state index contributed by atoms with van der Waals surface area (Å²) in [5, 5.41) is 1.09. The number of nitrogens with zero attached hydrogens (tertiary/aromatic N) is 2. The summed E-state index contributed by atoms with van der Waals surface area (Å²) in [4.78, 5) is 14.7. The van der Waals surface area contributed by atoms with Crippen LogP contribution < -0.4 is 0 Å². The third-order valence-corrected chi connectivity index (χ3v) is 6.53. The van der Waals surface area contributed by atoms with Crippen LogP contribution in [0.3, 0.4) is 0 Å². The molecular formula is C25H27FN2O5S. The van der Waals surface area contributed by atoms with Crippen LogP contribution in [0.2, 0.25) is 0 Å². The Morgan fingerprint density at radius 2 is 1.76 bits per heavy atom. The average molecular weight is 487 g/mol. The number of halogens is 1. The molecule has 3 aromatic rings. The lowest BCUT2D eigenvalue weighted by Gasteiger charge is -2.26. The Hall–Kier alpha value is -3.27. The van der Waals surface area contributed by atoms with Crippen molar-refractivity contribution in [1.82, 2.24) is 9.21 Å². The summed E-state index contributed by atoms with van der Waals surface area (Å²) in [5.41, 5.74) is 1.43. The highest BCUT2D eigenvalue weighted by atomic mass is 32.2. The van der Waals surface area contributed by atoms with Gasteiger partial charge in [0.2, 0.25) is 15.9 Å². The summed E-state index contributed by atoms with van der Waals surface area (Å²) in [7, 11) is -2.45. The summed E-state index contributed by atoms with van der Waals surface area (Å²) in [6.07, 6.45) is 2.98. The zero-order chi connectivity index (χ0) is 24.4. The molecule has 1 heterocycles.